The molecule has 0 bridgehead atoms. The molecule has 2 fully saturated rings. The largest absolute Gasteiger partial charge is 0.454 e. The highest BCUT2D eigenvalue weighted by atomic mass is 16.7. The van der Waals surface area contributed by atoms with Crippen LogP contribution in [0.5, 0.6) is 11.5 Å². The smallest absolute Gasteiger partial charge is 0.231 e. The Labute approximate surface area is 123 Å². The van der Waals surface area contributed by atoms with Gasteiger partial charge in [-0.2, -0.15) is 0 Å². The Hall–Kier alpha value is -1.30. The first-order valence-electron chi connectivity index (χ1n) is 7.75. The van der Waals surface area contributed by atoms with Crippen LogP contribution in [0.4, 0.5) is 0 Å². The normalized spacial score (nSPS) is 40.0. The van der Waals surface area contributed by atoms with Crippen molar-refractivity contribution >= 4 is 0 Å². The van der Waals surface area contributed by atoms with Gasteiger partial charge in [0.2, 0.25) is 6.79 Å². The van der Waals surface area contributed by atoms with E-state index < -0.39 is 12.2 Å². The van der Waals surface area contributed by atoms with E-state index in [-0.39, 0.29) is 12.7 Å². The SMILES string of the molecule is O[C@@H]1[C@H]2c3cc4c(cc3CN3CC[C@@H](C[C@@H]1O)[C@@H]23)OCO4. The summed E-state index contributed by atoms with van der Waals surface area (Å²) in [5.41, 5.74) is 2.34. The van der Waals surface area contributed by atoms with E-state index in [1.165, 1.54) is 5.56 Å². The second-order valence-corrected chi connectivity index (χ2v) is 6.73. The molecule has 5 atom stereocenters. The Balaban J connectivity index is 1.66. The van der Waals surface area contributed by atoms with Gasteiger partial charge in [0.1, 0.15) is 0 Å². The molecule has 1 saturated heterocycles. The van der Waals surface area contributed by atoms with E-state index in [0.717, 1.165) is 43.0 Å². The molecule has 0 aromatic heterocycles. The van der Waals surface area contributed by atoms with Gasteiger partial charge in [0, 0.05) is 18.5 Å². The molecule has 1 aromatic carbocycles. The van der Waals surface area contributed by atoms with Gasteiger partial charge in [-0.15, -0.1) is 0 Å². The highest BCUT2D eigenvalue weighted by Crippen LogP contribution is 2.51. The molecule has 3 aliphatic heterocycles. The fraction of sp³-hybridized carbons (Fsp3) is 0.625. The zero-order valence-corrected chi connectivity index (χ0v) is 11.7. The number of hydrogen-bond donors (Lipinski definition) is 2. The number of hydrogen-bond acceptors (Lipinski definition) is 5. The average molecular weight is 289 g/mol. The van der Waals surface area contributed by atoms with Crippen LogP contribution in [0.25, 0.3) is 0 Å². The molecular weight excluding hydrogens is 270 g/mol. The number of aliphatic hydroxyl groups is 2. The molecule has 1 saturated carbocycles. The Kier molecular flexibility index (Phi) is 2.41. The number of aliphatic hydroxyl groups excluding tert-OH is 2. The summed E-state index contributed by atoms with van der Waals surface area (Å²) < 4.78 is 11.0. The molecule has 5 rings (SSSR count). The number of rotatable bonds is 0. The molecule has 3 heterocycles. The molecule has 1 aromatic rings. The van der Waals surface area contributed by atoms with Crippen molar-refractivity contribution in [1.82, 2.24) is 4.90 Å². The zero-order valence-electron chi connectivity index (χ0n) is 11.7. The molecule has 112 valence electrons. The summed E-state index contributed by atoms with van der Waals surface area (Å²) in [6, 6.07) is 4.43. The molecule has 4 aliphatic rings. The molecule has 2 N–H and O–H groups in total. The molecular formula is C16H19NO4. The maximum Gasteiger partial charge on any atom is 0.231 e. The maximum atomic E-state index is 10.6. The number of ether oxygens (including phenoxy) is 2. The van der Waals surface area contributed by atoms with Crippen molar-refractivity contribution in [1.29, 1.82) is 0 Å². The first-order chi connectivity index (χ1) is 10.2. The fourth-order valence-electron chi connectivity index (χ4n) is 4.84. The maximum absolute atomic E-state index is 10.6. The third-order valence-corrected chi connectivity index (χ3v) is 5.73. The van der Waals surface area contributed by atoms with E-state index in [1.807, 2.05) is 6.07 Å². The summed E-state index contributed by atoms with van der Waals surface area (Å²) in [5, 5.41) is 20.8. The molecule has 5 heteroatoms. The third kappa shape index (κ3) is 1.57. The van der Waals surface area contributed by atoms with Gasteiger partial charge in [0.25, 0.3) is 0 Å². The predicted octanol–water partition coefficient (Wildman–Crippen LogP) is 0.828. The Bertz CT molecular complexity index is 604. The topological polar surface area (TPSA) is 62.2 Å². The van der Waals surface area contributed by atoms with Gasteiger partial charge >= 0.3 is 0 Å². The van der Waals surface area contributed by atoms with Gasteiger partial charge in [-0.25, -0.2) is 0 Å². The van der Waals surface area contributed by atoms with Crippen molar-refractivity contribution in [2.45, 2.75) is 43.6 Å². The lowest BCUT2D eigenvalue weighted by Crippen LogP contribution is -2.53. The molecule has 5 nitrogen and oxygen atoms in total. The quantitative estimate of drug-likeness (QED) is 0.741. The van der Waals surface area contributed by atoms with E-state index in [0.29, 0.717) is 12.0 Å². The first-order valence-corrected chi connectivity index (χ1v) is 7.75. The van der Waals surface area contributed by atoms with E-state index in [9.17, 15) is 10.2 Å². The summed E-state index contributed by atoms with van der Waals surface area (Å²) in [7, 11) is 0. The summed E-state index contributed by atoms with van der Waals surface area (Å²) in [6.45, 7) is 2.23. The third-order valence-electron chi connectivity index (χ3n) is 5.73. The van der Waals surface area contributed by atoms with Crippen LogP contribution < -0.4 is 9.47 Å². The minimum atomic E-state index is -0.689. The standard InChI is InChI=1S/C16H19NO4/c18-11-3-8-1-2-17-6-9-4-12-13(21-7-20-12)5-10(9)14(15(8)17)16(11)19/h4-5,8,11,14-16,18-19H,1-3,6-7H2/t8-,11-,14-,15-,16-/m0/s1. The van der Waals surface area contributed by atoms with E-state index in [1.54, 1.807) is 0 Å². The van der Waals surface area contributed by atoms with E-state index in [4.69, 9.17) is 9.47 Å². The Morgan fingerprint density at radius 3 is 2.81 bits per heavy atom. The van der Waals surface area contributed by atoms with Crippen LogP contribution in [0.2, 0.25) is 0 Å². The Morgan fingerprint density at radius 1 is 1.14 bits per heavy atom. The molecule has 0 radical (unpaired) electrons. The lowest BCUT2D eigenvalue weighted by Gasteiger charge is -2.47. The van der Waals surface area contributed by atoms with Crippen LogP contribution in [0.1, 0.15) is 29.9 Å². The summed E-state index contributed by atoms with van der Waals surface area (Å²) >= 11 is 0. The van der Waals surface area contributed by atoms with Gasteiger partial charge in [0.05, 0.1) is 12.2 Å². The number of benzene rings is 1. The second-order valence-electron chi connectivity index (χ2n) is 6.73. The van der Waals surface area contributed by atoms with Crippen LogP contribution in [0.3, 0.4) is 0 Å². The van der Waals surface area contributed by atoms with Gasteiger partial charge in [0.15, 0.2) is 11.5 Å². The number of fused-ring (bicyclic) bond motifs is 3. The highest BCUT2D eigenvalue weighted by Gasteiger charge is 2.52. The van der Waals surface area contributed by atoms with Crippen LogP contribution in [-0.4, -0.2) is 46.7 Å². The molecule has 0 unspecified atom stereocenters. The van der Waals surface area contributed by atoms with Crippen molar-refractivity contribution in [3.05, 3.63) is 23.3 Å². The molecule has 1 aliphatic carbocycles. The van der Waals surface area contributed by atoms with Crippen molar-refractivity contribution < 1.29 is 19.7 Å². The van der Waals surface area contributed by atoms with Crippen molar-refractivity contribution in [2.24, 2.45) is 5.92 Å². The number of nitrogens with zero attached hydrogens (tertiary/aromatic N) is 1. The average Bonchev–Trinajstić information content (AvgIpc) is 3.08. The van der Waals surface area contributed by atoms with Gasteiger partial charge in [-0.1, -0.05) is 0 Å². The van der Waals surface area contributed by atoms with Crippen molar-refractivity contribution in [3.63, 3.8) is 0 Å². The van der Waals surface area contributed by atoms with E-state index >= 15 is 0 Å². The minimum Gasteiger partial charge on any atom is -0.454 e. The molecule has 0 amide bonds. The van der Waals surface area contributed by atoms with Crippen LogP contribution in [0, 0.1) is 5.92 Å². The minimum absolute atomic E-state index is 0.0144. The summed E-state index contributed by atoms with van der Waals surface area (Å²) in [4.78, 5) is 2.47. The molecule has 21 heavy (non-hydrogen) atoms. The van der Waals surface area contributed by atoms with Crippen LogP contribution in [0.15, 0.2) is 12.1 Å². The Morgan fingerprint density at radius 2 is 1.95 bits per heavy atom. The second kappa shape index (κ2) is 4.12. The van der Waals surface area contributed by atoms with E-state index in [2.05, 4.69) is 11.0 Å². The highest BCUT2D eigenvalue weighted by molar-refractivity contribution is 5.52. The lowest BCUT2D eigenvalue weighted by atomic mass is 9.68. The predicted molar refractivity (Wildman–Crippen MR) is 74.2 cm³/mol. The fourth-order valence-corrected chi connectivity index (χ4v) is 4.84. The van der Waals surface area contributed by atoms with Crippen molar-refractivity contribution in [2.75, 3.05) is 13.3 Å². The lowest BCUT2D eigenvalue weighted by molar-refractivity contribution is -0.0657. The first kappa shape index (κ1) is 12.3. The van der Waals surface area contributed by atoms with Crippen LogP contribution in [-0.2, 0) is 6.54 Å². The van der Waals surface area contributed by atoms with Crippen molar-refractivity contribution in [3.8, 4) is 11.5 Å². The zero-order chi connectivity index (χ0) is 14.1. The summed E-state index contributed by atoms with van der Waals surface area (Å²) in [6.07, 6.45) is 0.531. The molecule has 0 spiro atoms. The summed E-state index contributed by atoms with van der Waals surface area (Å²) in [5.74, 6) is 2.05. The monoisotopic (exact) mass is 289 g/mol. The van der Waals surface area contributed by atoms with Gasteiger partial charge < -0.3 is 19.7 Å². The van der Waals surface area contributed by atoms with Gasteiger partial charge in [-0.3, -0.25) is 4.90 Å². The van der Waals surface area contributed by atoms with Crippen LogP contribution >= 0.6 is 0 Å². The van der Waals surface area contributed by atoms with Gasteiger partial charge in [-0.05, 0) is 48.6 Å².